The molecule has 106 valence electrons. The number of amidine groups is 1. The van der Waals surface area contributed by atoms with Crippen LogP contribution in [0.1, 0.15) is 0 Å². The zero-order valence-corrected chi connectivity index (χ0v) is 11.9. The summed E-state index contributed by atoms with van der Waals surface area (Å²) in [5.74, 6) is 0.410. The highest BCUT2D eigenvalue weighted by Gasteiger charge is 2.13. The van der Waals surface area contributed by atoms with E-state index in [2.05, 4.69) is 0 Å². The lowest BCUT2D eigenvalue weighted by atomic mass is 10.1. The predicted molar refractivity (Wildman–Crippen MR) is 81.8 cm³/mol. The molecule has 0 amide bonds. The molecule has 1 heterocycles. The number of fused-ring (bicyclic) bond motifs is 1. The maximum atomic E-state index is 11.8. The molecule has 2 rings (SSSR count). The monoisotopic (exact) mass is 313 g/mol. The minimum absolute atomic E-state index is 0.00450. The van der Waals surface area contributed by atoms with Crippen molar-refractivity contribution in [3.63, 3.8) is 0 Å². The van der Waals surface area contributed by atoms with Crippen LogP contribution in [0.4, 0.5) is 5.69 Å². The van der Waals surface area contributed by atoms with Gasteiger partial charge < -0.3 is 20.6 Å². The third kappa shape index (κ3) is 3.17. The molecule has 1 aromatic heterocycles. The smallest absolute Gasteiger partial charge is 0.346 e. The molecule has 0 saturated heterocycles. The van der Waals surface area contributed by atoms with Crippen molar-refractivity contribution in [2.24, 2.45) is 5.73 Å². The van der Waals surface area contributed by atoms with Gasteiger partial charge in [0.25, 0.3) is 0 Å². The van der Waals surface area contributed by atoms with E-state index < -0.39 is 5.63 Å². The fourth-order valence-electron chi connectivity index (χ4n) is 1.59. The molecule has 0 atom stereocenters. The van der Waals surface area contributed by atoms with Crippen molar-refractivity contribution in [2.75, 3.05) is 18.1 Å². The number of hydrogen-bond donors (Lipinski definition) is 3. The van der Waals surface area contributed by atoms with Gasteiger partial charge in [-0.05, 0) is 12.1 Å². The lowest BCUT2D eigenvalue weighted by Gasteiger charge is -2.08. The minimum Gasteiger partial charge on any atom is -0.463 e. The third-order valence-corrected chi connectivity index (χ3v) is 3.48. The number of nitrogens with two attached hydrogens (primary N) is 2. The van der Waals surface area contributed by atoms with E-state index in [1.165, 1.54) is 6.07 Å². The molecule has 0 aliphatic carbocycles. The Bertz CT molecular complexity index is 717. The molecule has 0 aliphatic heterocycles. The number of rotatable bonds is 4. The van der Waals surface area contributed by atoms with Crippen LogP contribution < -0.4 is 21.8 Å². The van der Waals surface area contributed by atoms with Crippen LogP contribution in [0.5, 0.6) is 5.95 Å². The number of ether oxygens (including phenoxy) is 1. The van der Waals surface area contributed by atoms with E-state index in [0.29, 0.717) is 22.2 Å². The average molecular weight is 314 g/mol. The molecule has 0 aliphatic rings. The Kier molecular flexibility index (Phi) is 4.41. The van der Waals surface area contributed by atoms with E-state index in [-0.39, 0.29) is 22.7 Å². The van der Waals surface area contributed by atoms with Gasteiger partial charge in [-0.15, -0.1) is 0 Å². The van der Waals surface area contributed by atoms with Crippen LogP contribution in [0.25, 0.3) is 10.8 Å². The predicted octanol–water partition coefficient (Wildman–Crippen LogP) is 2.03. The van der Waals surface area contributed by atoms with Crippen molar-refractivity contribution in [2.45, 2.75) is 0 Å². The Hall–Kier alpha value is -1.86. The summed E-state index contributed by atoms with van der Waals surface area (Å²) in [7, 11) is 0. The quantitative estimate of drug-likeness (QED) is 0.344. The number of thioether (sulfide) groups is 1. The summed E-state index contributed by atoms with van der Waals surface area (Å²) in [5.41, 5.74) is 10.7. The summed E-state index contributed by atoms with van der Waals surface area (Å²) in [6.07, 6.45) is 0. The van der Waals surface area contributed by atoms with E-state index in [0.717, 1.165) is 11.8 Å². The Morgan fingerprint density at radius 2 is 2.20 bits per heavy atom. The van der Waals surface area contributed by atoms with Crippen LogP contribution in [-0.2, 0) is 0 Å². The summed E-state index contributed by atoms with van der Waals surface area (Å²) in [6.45, 7) is 0.216. The van der Waals surface area contributed by atoms with E-state index in [1.54, 1.807) is 12.1 Å². The zero-order valence-electron chi connectivity index (χ0n) is 10.3. The van der Waals surface area contributed by atoms with Gasteiger partial charge in [-0.3, -0.25) is 5.41 Å². The molecule has 6 nitrogen and oxygen atoms in total. The molecule has 0 unspecified atom stereocenters. The fourth-order valence-corrected chi connectivity index (χ4v) is 2.24. The van der Waals surface area contributed by atoms with E-state index in [4.69, 9.17) is 37.6 Å². The van der Waals surface area contributed by atoms with E-state index in [9.17, 15) is 4.79 Å². The van der Waals surface area contributed by atoms with Crippen LogP contribution in [0.15, 0.2) is 27.4 Å². The number of anilines is 1. The first-order chi connectivity index (χ1) is 9.49. The highest BCUT2D eigenvalue weighted by Crippen LogP contribution is 2.31. The molecule has 0 saturated carbocycles. The van der Waals surface area contributed by atoms with Crippen molar-refractivity contribution in [1.29, 1.82) is 5.41 Å². The fraction of sp³-hybridized carbons (Fsp3) is 0.167. The largest absolute Gasteiger partial charge is 0.463 e. The van der Waals surface area contributed by atoms with Crippen molar-refractivity contribution < 1.29 is 9.15 Å². The summed E-state index contributed by atoms with van der Waals surface area (Å²) >= 11 is 7.26. The summed E-state index contributed by atoms with van der Waals surface area (Å²) in [5, 5.41) is 8.09. The standard InChI is InChI=1S/C12H12ClN3O3S/c13-9-7-2-1-6(14)5-8(7)10(17)19-11(9)18-3-4-20-12(15)16/h1-2,5H,3-4,14H2,(H3,15,16). The van der Waals surface area contributed by atoms with Gasteiger partial charge in [-0.1, -0.05) is 29.4 Å². The Labute approximate surface area is 123 Å². The maximum absolute atomic E-state index is 11.8. The number of nitrogens with one attached hydrogen (secondary N) is 1. The minimum atomic E-state index is -0.564. The Balaban J connectivity index is 2.27. The lowest BCUT2D eigenvalue weighted by molar-refractivity contribution is 0.248. The zero-order chi connectivity index (χ0) is 14.7. The van der Waals surface area contributed by atoms with Gasteiger partial charge in [0, 0.05) is 16.8 Å². The third-order valence-electron chi connectivity index (χ3n) is 2.44. The first-order valence-corrected chi connectivity index (χ1v) is 6.97. The highest BCUT2D eigenvalue weighted by atomic mass is 35.5. The molecule has 0 spiro atoms. The molecule has 2 aromatic rings. The van der Waals surface area contributed by atoms with Crippen LogP contribution in [0, 0.1) is 5.41 Å². The summed E-state index contributed by atoms with van der Waals surface area (Å²) < 4.78 is 10.3. The second-order valence-corrected chi connectivity index (χ2v) is 5.37. The molecule has 5 N–H and O–H groups in total. The van der Waals surface area contributed by atoms with E-state index in [1.807, 2.05) is 0 Å². The average Bonchev–Trinajstić information content (AvgIpc) is 2.39. The van der Waals surface area contributed by atoms with Crippen molar-refractivity contribution in [3.8, 4) is 5.95 Å². The molecular weight excluding hydrogens is 302 g/mol. The molecule has 1 aromatic carbocycles. The van der Waals surface area contributed by atoms with Gasteiger partial charge in [-0.25, -0.2) is 4.79 Å². The van der Waals surface area contributed by atoms with Gasteiger partial charge in [-0.2, -0.15) is 0 Å². The first-order valence-electron chi connectivity index (χ1n) is 5.60. The van der Waals surface area contributed by atoms with E-state index >= 15 is 0 Å². The topological polar surface area (TPSA) is 115 Å². The van der Waals surface area contributed by atoms with Gasteiger partial charge >= 0.3 is 11.6 Å². The van der Waals surface area contributed by atoms with Crippen LogP contribution in [0.3, 0.4) is 0 Å². The van der Waals surface area contributed by atoms with Crippen LogP contribution in [-0.4, -0.2) is 17.5 Å². The Morgan fingerprint density at radius 3 is 2.90 bits per heavy atom. The van der Waals surface area contributed by atoms with Gasteiger partial charge in [0.15, 0.2) is 5.17 Å². The number of hydrogen-bond acceptors (Lipinski definition) is 6. The molecule has 0 bridgehead atoms. The summed E-state index contributed by atoms with van der Waals surface area (Å²) in [6, 6.07) is 4.78. The lowest BCUT2D eigenvalue weighted by Crippen LogP contribution is -2.10. The number of nitrogen functional groups attached to an aromatic ring is 1. The Morgan fingerprint density at radius 1 is 1.45 bits per heavy atom. The molecular formula is C12H12ClN3O3S. The highest BCUT2D eigenvalue weighted by molar-refractivity contribution is 8.13. The van der Waals surface area contributed by atoms with Crippen LogP contribution in [0.2, 0.25) is 5.02 Å². The normalized spacial score (nSPS) is 10.7. The number of halogens is 1. The van der Waals surface area contributed by atoms with Crippen molar-refractivity contribution >= 4 is 45.0 Å². The van der Waals surface area contributed by atoms with Gasteiger partial charge in [0.2, 0.25) is 0 Å². The first kappa shape index (κ1) is 14.5. The second-order valence-electron chi connectivity index (χ2n) is 3.86. The number of benzene rings is 1. The van der Waals surface area contributed by atoms with Gasteiger partial charge in [0.05, 0.1) is 5.39 Å². The SMILES string of the molecule is N=C(N)SCCOc1oc(=O)c2cc(N)ccc2c1Cl. The van der Waals surface area contributed by atoms with Crippen molar-refractivity contribution in [3.05, 3.63) is 33.6 Å². The molecule has 20 heavy (non-hydrogen) atoms. The molecule has 0 radical (unpaired) electrons. The molecule has 8 heteroatoms. The van der Waals surface area contributed by atoms with Crippen LogP contribution >= 0.6 is 23.4 Å². The second kappa shape index (κ2) is 6.06. The van der Waals surface area contributed by atoms with Gasteiger partial charge in [0.1, 0.15) is 11.6 Å². The molecule has 0 fully saturated rings. The van der Waals surface area contributed by atoms with Crippen molar-refractivity contribution in [1.82, 2.24) is 0 Å². The summed E-state index contributed by atoms with van der Waals surface area (Å²) in [4.78, 5) is 11.8. The maximum Gasteiger partial charge on any atom is 0.346 e.